The number of aromatic nitrogens is 2. The maximum absolute atomic E-state index is 11.1. The fourth-order valence-corrected chi connectivity index (χ4v) is 1.06. The minimum Gasteiger partial charge on any atom is -0.480 e. The number of aliphatic carboxylic acids is 1. The Morgan fingerprint density at radius 1 is 1.44 bits per heavy atom. The maximum atomic E-state index is 11.1. The molecule has 0 aliphatic heterocycles. The summed E-state index contributed by atoms with van der Waals surface area (Å²) in [6.45, 7) is -0.519. The molecule has 0 atom stereocenters. The average Bonchev–Trinajstić information content (AvgIpc) is 2.28. The first kappa shape index (κ1) is 11.9. The highest BCUT2D eigenvalue weighted by atomic mass is 16.5. The lowest BCUT2D eigenvalue weighted by Crippen LogP contribution is -2.35. The molecule has 1 aromatic heterocycles. The molecule has 0 aliphatic rings. The molecule has 1 aromatic rings. The number of anilines is 1. The van der Waals surface area contributed by atoms with Crippen LogP contribution in [0.1, 0.15) is 0 Å². The van der Waals surface area contributed by atoms with Crippen molar-refractivity contribution in [3.63, 3.8) is 0 Å². The minimum atomic E-state index is -1.06. The smallest absolute Gasteiger partial charge is 0.325 e. The SMILES string of the molecule is COC(=O)CN(CC(=O)O)c1cnccn1. The molecule has 7 heteroatoms. The Kier molecular flexibility index (Phi) is 4.19. The first-order valence-corrected chi connectivity index (χ1v) is 4.43. The van der Waals surface area contributed by atoms with Gasteiger partial charge in [0.25, 0.3) is 0 Å². The van der Waals surface area contributed by atoms with E-state index in [9.17, 15) is 9.59 Å². The van der Waals surface area contributed by atoms with Gasteiger partial charge in [0.2, 0.25) is 0 Å². The third kappa shape index (κ3) is 3.52. The Labute approximate surface area is 91.7 Å². The van der Waals surface area contributed by atoms with Gasteiger partial charge in [-0.2, -0.15) is 0 Å². The van der Waals surface area contributed by atoms with Crippen LogP contribution in [0.2, 0.25) is 0 Å². The molecule has 0 bridgehead atoms. The standard InChI is InChI=1S/C9H11N3O4/c1-16-9(15)6-12(5-8(13)14)7-4-10-2-3-11-7/h2-4H,5-6H2,1H3,(H,13,14). The minimum absolute atomic E-state index is 0.179. The van der Waals surface area contributed by atoms with Crippen LogP contribution in [0.15, 0.2) is 18.6 Å². The lowest BCUT2D eigenvalue weighted by atomic mass is 10.4. The molecule has 0 aromatic carbocycles. The first-order valence-electron chi connectivity index (χ1n) is 4.43. The van der Waals surface area contributed by atoms with E-state index in [-0.39, 0.29) is 13.1 Å². The molecule has 0 saturated heterocycles. The molecule has 0 aliphatic carbocycles. The lowest BCUT2D eigenvalue weighted by molar-refractivity contribution is -0.139. The second kappa shape index (κ2) is 5.64. The van der Waals surface area contributed by atoms with Crippen molar-refractivity contribution in [2.75, 3.05) is 25.1 Å². The van der Waals surface area contributed by atoms with E-state index in [0.29, 0.717) is 5.82 Å². The summed E-state index contributed by atoms with van der Waals surface area (Å²) in [6, 6.07) is 0. The van der Waals surface area contributed by atoms with Gasteiger partial charge in [0.05, 0.1) is 13.3 Å². The highest BCUT2D eigenvalue weighted by Gasteiger charge is 2.15. The van der Waals surface area contributed by atoms with E-state index in [1.165, 1.54) is 30.6 Å². The topological polar surface area (TPSA) is 92.6 Å². The van der Waals surface area contributed by atoms with Gasteiger partial charge in [-0.3, -0.25) is 14.6 Å². The number of carboxylic acid groups (broad SMARTS) is 1. The van der Waals surface area contributed by atoms with E-state index in [2.05, 4.69) is 14.7 Å². The van der Waals surface area contributed by atoms with Gasteiger partial charge >= 0.3 is 11.9 Å². The van der Waals surface area contributed by atoms with Crippen LogP contribution in [0.25, 0.3) is 0 Å². The summed E-state index contributed by atoms with van der Waals surface area (Å²) in [5, 5.41) is 8.69. The number of carboxylic acids is 1. The maximum Gasteiger partial charge on any atom is 0.325 e. The molecule has 86 valence electrons. The molecule has 16 heavy (non-hydrogen) atoms. The molecule has 0 amide bonds. The van der Waals surface area contributed by atoms with Gasteiger partial charge in [-0.05, 0) is 0 Å². The van der Waals surface area contributed by atoms with Crippen LogP contribution >= 0.6 is 0 Å². The summed E-state index contributed by atoms with van der Waals surface area (Å²) >= 11 is 0. The highest BCUT2D eigenvalue weighted by molar-refractivity contribution is 5.79. The molecule has 1 heterocycles. The van der Waals surface area contributed by atoms with Crippen LogP contribution in [-0.2, 0) is 14.3 Å². The van der Waals surface area contributed by atoms with Gasteiger partial charge in [-0.15, -0.1) is 0 Å². The number of rotatable bonds is 5. The van der Waals surface area contributed by atoms with Crippen LogP contribution in [0.4, 0.5) is 5.82 Å². The fraction of sp³-hybridized carbons (Fsp3) is 0.333. The number of hydrogen-bond donors (Lipinski definition) is 1. The molecule has 0 unspecified atom stereocenters. The summed E-state index contributed by atoms with van der Waals surface area (Å²) in [6.07, 6.45) is 4.26. The molecule has 0 radical (unpaired) electrons. The van der Waals surface area contributed by atoms with Crippen molar-refractivity contribution in [2.45, 2.75) is 0 Å². The van der Waals surface area contributed by atoms with Crippen LogP contribution in [-0.4, -0.2) is 47.2 Å². The number of methoxy groups -OCH3 is 1. The summed E-state index contributed by atoms with van der Waals surface area (Å²) < 4.78 is 4.46. The summed E-state index contributed by atoms with van der Waals surface area (Å²) in [7, 11) is 1.23. The van der Waals surface area contributed by atoms with E-state index in [0.717, 1.165) is 0 Å². The molecule has 1 rings (SSSR count). The average molecular weight is 225 g/mol. The Morgan fingerprint density at radius 2 is 2.19 bits per heavy atom. The molecule has 1 N–H and O–H groups in total. The van der Waals surface area contributed by atoms with Crippen molar-refractivity contribution in [3.05, 3.63) is 18.6 Å². The number of esters is 1. The largest absolute Gasteiger partial charge is 0.480 e. The molecule has 0 spiro atoms. The molecule has 0 saturated carbocycles. The summed E-state index contributed by atoms with van der Waals surface area (Å²) in [5.41, 5.74) is 0. The molecular weight excluding hydrogens is 214 g/mol. The number of ether oxygens (including phenoxy) is 1. The van der Waals surface area contributed by atoms with Crippen LogP contribution in [0.5, 0.6) is 0 Å². The van der Waals surface area contributed by atoms with E-state index in [4.69, 9.17) is 5.11 Å². The third-order valence-corrected chi connectivity index (χ3v) is 1.75. The van der Waals surface area contributed by atoms with Gasteiger partial charge < -0.3 is 14.7 Å². The monoisotopic (exact) mass is 225 g/mol. The number of nitrogens with zero attached hydrogens (tertiary/aromatic N) is 3. The normalized spacial score (nSPS) is 9.56. The van der Waals surface area contributed by atoms with Crippen molar-refractivity contribution in [1.82, 2.24) is 9.97 Å². The van der Waals surface area contributed by atoms with Crippen molar-refractivity contribution < 1.29 is 19.4 Å². The second-order valence-corrected chi connectivity index (χ2v) is 2.89. The predicted molar refractivity (Wildman–Crippen MR) is 53.9 cm³/mol. The Morgan fingerprint density at radius 3 is 2.69 bits per heavy atom. The highest BCUT2D eigenvalue weighted by Crippen LogP contribution is 2.06. The summed E-state index contributed by atoms with van der Waals surface area (Å²) in [5.74, 6) is -1.28. The number of carbonyl (C=O) groups is 2. The van der Waals surface area contributed by atoms with Gasteiger partial charge in [0, 0.05) is 12.4 Å². The van der Waals surface area contributed by atoms with Gasteiger partial charge in [-0.25, -0.2) is 4.98 Å². The number of hydrogen-bond acceptors (Lipinski definition) is 6. The van der Waals surface area contributed by atoms with E-state index in [1.54, 1.807) is 0 Å². The van der Waals surface area contributed by atoms with Crippen LogP contribution < -0.4 is 4.90 Å². The molecule has 0 fully saturated rings. The van der Waals surface area contributed by atoms with Crippen LogP contribution in [0.3, 0.4) is 0 Å². The van der Waals surface area contributed by atoms with E-state index in [1.807, 2.05) is 0 Å². The Hall–Kier alpha value is -2.18. The van der Waals surface area contributed by atoms with Crippen molar-refractivity contribution >= 4 is 17.8 Å². The molecular formula is C9H11N3O4. The quantitative estimate of drug-likeness (QED) is 0.678. The van der Waals surface area contributed by atoms with Crippen molar-refractivity contribution in [2.24, 2.45) is 0 Å². The van der Waals surface area contributed by atoms with Crippen molar-refractivity contribution in [1.29, 1.82) is 0 Å². The Balaban J connectivity index is 2.79. The Bertz CT molecular complexity index is 368. The van der Waals surface area contributed by atoms with E-state index >= 15 is 0 Å². The second-order valence-electron chi connectivity index (χ2n) is 2.89. The predicted octanol–water partition coefficient (Wildman–Crippen LogP) is -0.459. The third-order valence-electron chi connectivity index (χ3n) is 1.75. The van der Waals surface area contributed by atoms with Crippen molar-refractivity contribution in [3.8, 4) is 0 Å². The molecule has 7 nitrogen and oxygen atoms in total. The number of carbonyl (C=O) groups excluding carboxylic acids is 1. The van der Waals surface area contributed by atoms with Crippen LogP contribution in [0, 0.1) is 0 Å². The zero-order chi connectivity index (χ0) is 12.0. The van der Waals surface area contributed by atoms with E-state index < -0.39 is 11.9 Å². The zero-order valence-corrected chi connectivity index (χ0v) is 8.66. The summed E-state index contributed by atoms with van der Waals surface area (Å²) in [4.78, 5) is 30.7. The van der Waals surface area contributed by atoms with Gasteiger partial charge in [0.1, 0.15) is 18.9 Å². The lowest BCUT2D eigenvalue weighted by Gasteiger charge is -2.19. The van der Waals surface area contributed by atoms with Gasteiger partial charge in [0.15, 0.2) is 0 Å². The fourth-order valence-electron chi connectivity index (χ4n) is 1.06. The zero-order valence-electron chi connectivity index (χ0n) is 8.66. The first-order chi connectivity index (χ1) is 7.63. The van der Waals surface area contributed by atoms with Gasteiger partial charge in [-0.1, -0.05) is 0 Å².